The lowest BCUT2D eigenvalue weighted by Gasteiger charge is -2.36. The summed E-state index contributed by atoms with van der Waals surface area (Å²) in [6, 6.07) is 3.99. The number of carbonyl (C=O) groups is 1. The lowest BCUT2D eigenvalue weighted by molar-refractivity contribution is -0.123. The maximum atomic E-state index is 11.8. The van der Waals surface area contributed by atoms with Crippen molar-refractivity contribution in [3.8, 4) is 0 Å². The molecule has 1 fully saturated rings. The third-order valence-electron chi connectivity index (χ3n) is 3.16. The minimum Gasteiger partial charge on any atom is -0.389 e. The molecule has 2 heterocycles. The van der Waals surface area contributed by atoms with E-state index in [1.54, 1.807) is 11.3 Å². The Hall–Kier alpha value is -0.910. The van der Waals surface area contributed by atoms with Crippen molar-refractivity contribution in [3.05, 3.63) is 22.4 Å². The van der Waals surface area contributed by atoms with Crippen LogP contribution in [-0.2, 0) is 11.3 Å². The van der Waals surface area contributed by atoms with Gasteiger partial charge in [0.05, 0.1) is 18.7 Å². The second-order valence-corrected chi connectivity index (χ2v) is 6.20. The van der Waals surface area contributed by atoms with E-state index in [2.05, 4.69) is 5.32 Å². The first kappa shape index (κ1) is 13.5. The molecule has 0 aliphatic carbocycles. The molecule has 4 nitrogen and oxygen atoms in total. The van der Waals surface area contributed by atoms with Crippen LogP contribution in [0, 0.1) is 0 Å². The predicted octanol–water partition coefficient (Wildman–Crippen LogP) is 1.21. The van der Waals surface area contributed by atoms with Gasteiger partial charge in [0.15, 0.2) is 0 Å². The number of nitrogens with one attached hydrogen (secondary N) is 1. The van der Waals surface area contributed by atoms with Gasteiger partial charge < -0.3 is 10.4 Å². The smallest absolute Gasteiger partial charge is 0.234 e. The van der Waals surface area contributed by atoms with Gasteiger partial charge in [0.2, 0.25) is 5.91 Å². The van der Waals surface area contributed by atoms with Crippen LogP contribution in [0.4, 0.5) is 0 Å². The highest BCUT2D eigenvalue weighted by molar-refractivity contribution is 7.09. The van der Waals surface area contributed by atoms with Gasteiger partial charge in [-0.15, -0.1) is 11.3 Å². The van der Waals surface area contributed by atoms with Crippen molar-refractivity contribution in [2.75, 3.05) is 19.6 Å². The molecule has 0 aromatic carbocycles. The molecule has 5 heteroatoms. The molecule has 2 rings (SSSR count). The zero-order valence-corrected chi connectivity index (χ0v) is 11.5. The van der Waals surface area contributed by atoms with Crippen LogP contribution in [0.3, 0.4) is 0 Å². The standard InChI is InChI=1S/C13H20N2O2S/c1-13(17)5-3-6-15(10-13)9-12(16)14-8-11-4-2-7-18-11/h2,4,7,17H,3,5-6,8-10H2,1H3,(H,14,16). The Labute approximate surface area is 112 Å². The number of nitrogens with zero attached hydrogens (tertiary/aromatic N) is 1. The number of aliphatic hydroxyl groups is 1. The molecule has 18 heavy (non-hydrogen) atoms. The largest absolute Gasteiger partial charge is 0.389 e. The highest BCUT2D eigenvalue weighted by atomic mass is 32.1. The van der Waals surface area contributed by atoms with Crippen LogP contribution in [-0.4, -0.2) is 41.1 Å². The van der Waals surface area contributed by atoms with Crippen molar-refractivity contribution < 1.29 is 9.90 Å². The van der Waals surface area contributed by atoms with Crippen molar-refractivity contribution in [2.24, 2.45) is 0 Å². The maximum absolute atomic E-state index is 11.8. The monoisotopic (exact) mass is 268 g/mol. The number of carbonyl (C=O) groups excluding carboxylic acids is 1. The van der Waals surface area contributed by atoms with Gasteiger partial charge in [-0.05, 0) is 37.8 Å². The average molecular weight is 268 g/mol. The molecule has 1 unspecified atom stereocenters. The molecule has 100 valence electrons. The van der Waals surface area contributed by atoms with Crippen LogP contribution in [0.15, 0.2) is 17.5 Å². The Morgan fingerprint density at radius 3 is 3.17 bits per heavy atom. The van der Waals surface area contributed by atoms with E-state index in [0.29, 0.717) is 19.6 Å². The number of β-amino-alcohol motifs (C(OH)–C–C–N with tert-alkyl or cyclic N) is 1. The van der Waals surface area contributed by atoms with E-state index in [9.17, 15) is 9.90 Å². The number of piperidine rings is 1. The number of hydrogen-bond donors (Lipinski definition) is 2. The van der Waals surface area contributed by atoms with Crippen LogP contribution >= 0.6 is 11.3 Å². The minimum absolute atomic E-state index is 0.0288. The van der Waals surface area contributed by atoms with Gasteiger partial charge in [-0.3, -0.25) is 9.69 Å². The molecular formula is C13H20N2O2S. The van der Waals surface area contributed by atoms with E-state index in [0.717, 1.165) is 24.3 Å². The van der Waals surface area contributed by atoms with Gasteiger partial charge in [0, 0.05) is 11.4 Å². The SMILES string of the molecule is CC1(O)CCCN(CC(=O)NCc2cccs2)C1. The minimum atomic E-state index is -0.647. The van der Waals surface area contributed by atoms with Gasteiger partial charge in [0.25, 0.3) is 0 Å². The molecule has 1 amide bonds. The number of thiophene rings is 1. The Balaban J connectivity index is 1.74. The lowest BCUT2D eigenvalue weighted by Crippen LogP contribution is -2.49. The molecule has 1 aromatic rings. The second-order valence-electron chi connectivity index (χ2n) is 5.17. The van der Waals surface area contributed by atoms with Gasteiger partial charge in [-0.2, -0.15) is 0 Å². The summed E-state index contributed by atoms with van der Waals surface area (Å²) in [7, 11) is 0. The van der Waals surface area contributed by atoms with Gasteiger partial charge >= 0.3 is 0 Å². The zero-order valence-electron chi connectivity index (χ0n) is 10.7. The fourth-order valence-electron chi connectivity index (χ4n) is 2.32. The van der Waals surface area contributed by atoms with Crippen LogP contribution in [0.25, 0.3) is 0 Å². The van der Waals surface area contributed by atoms with Crippen LogP contribution in [0.2, 0.25) is 0 Å². The highest BCUT2D eigenvalue weighted by Gasteiger charge is 2.28. The molecule has 0 saturated carbocycles. The fraction of sp³-hybridized carbons (Fsp3) is 0.615. The molecule has 0 spiro atoms. The lowest BCUT2D eigenvalue weighted by atomic mass is 9.95. The van der Waals surface area contributed by atoms with Gasteiger partial charge in [-0.25, -0.2) is 0 Å². The van der Waals surface area contributed by atoms with E-state index >= 15 is 0 Å². The molecule has 1 aliphatic rings. The van der Waals surface area contributed by atoms with Crippen LogP contribution in [0.5, 0.6) is 0 Å². The van der Waals surface area contributed by atoms with Gasteiger partial charge in [0.1, 0.15) is 0 Å². The molecule has 1 atom stereocenters. The third-order valence-corrected chi connectivity index (χ3v) is 4.04. The van der Waals surface area contributed by atoms with Crippen molar-refractivity contribution in [1.82, 2.24) is 10.2 Å². The normalized spacial score (nSPS) is 25.0. The molecule has 0 radical (unpaired) electrons. The Morgan fingerprint density at radius 2 is 2.50 bits per heavy atom. The highest BCUT2D eigenvalue weighted by Crippen LogP contribution is 2.19. The van der Waals surface area contributed by atoms with Crippen LogP contribution < -0.4 is 5.32 Å². The third kappa shape index (κ3) is 4.08. The summed E-state index contributed by atoms with van der Waals surface area (Å²) in [6.45, 7) is 4.28. The summed E-state index contributed by atoms with van der Waals surface area (Å²) in [5, 5.41) is 14.9. The fourth-order valence-corrected chi connectivity index (χ4v) is 2.96. The van der Waals surface area contributed by atoms with Crippen molar-refractivity contribution >= 4 is 17.2 Å². The predicted molar refractivity (Wildman–Crippen MR) is 72.5 cm³/mol. The number of rotatable bonds is 4. The Bertz CT molecular complexity index is 390. The number of amides is 1. The van der Waals surface area contributed by atoms with Crippen molar-refractivity contribution in [1.29, 1.82) is 0 Å². The first-order valence-electron chi connectivity index (χ1n) is 6.29. The molecular weight excluding hydrogens is 248 g/mol. The van der Waals surface area contributed by atoms with E-state index in [1.165, 1.54) is 0 Å². The van der Waals surface area contributed by atoms with E-state index in [-0.39, 0.29) is 5.91 Å². The summed E-state index contributed by atoms with van der Waals surface area (Å²) in [5.41, 5.74) is -0.647. The maximum Gasteiger partial charge on any atom is 0.234 e. The van der Waals surface area contributed by atoms with Gasteiger partial charge in [-0.1, -0.05) is 6.07 Å². The van der Waals surface area contributed by atoms with E-state index in [4.69, 9.17) is 0 Å². The summed E-state index contributed by atoms with van der Waals surface area (Å²) in [5.74, 6) is 0.0288. The Morgan fingerprint density at radius 1 is 1.67 bits per heavy atom. The number of likely N-dealkylation sites (tertiary alicyclic amines) is 1. The molecule has 1 aromatic heterocycles. The second kappa shape index (κ2) is 5.82. The molecule has 1 saturated heterocycles. The molecule has 0 bridgehead atoms. The summed E-state index contributed by atoms with van der Waals surface area (Å²) in [4.78, 5) is 15.0. The average Bonchev–Trinajstić information content (AvgIpc) is 2.77. The quantitative estimate of drug-likeness (QED) is 0.863. The summed E-state index contributed by atoms with van der Waals surface area (Å²) in [6.07, 6.45) is 1.77. The van der Waals surface area contributed by atoms with E-state index < -0.39 is 5.60 Å². The first-order valence-corrected chi connectivity index (χ1v) is 7.17. The van der Waals surface area contributed by atoms with Crippen molar-refractivity contribution in [3.63, 3.8) is 0 Å². The van der Waals surface area contributed by atoms with E-state index in [1.807, 2.05) is 29.3 Å². The first-order chi connectivity index (χ1) is 8.55. The zero-order chi connectivity index (χ0) is 13.0. The van der Waals surface area contributed by atoms with Crippen LogP contribution in [0.1, 0.15) is 24.6 Å². The summed E-state index contributed by atoms with van der Waals surface area (Å²) >= 11 is 1.64. The molecule has 2 N–H and O–H groups in total. The molecule has 1 aliphatic heterocycles. The Kier molecular flexibility index (Phi) is 4.37. The van der Waals surface area contributed by atoms with Crippen molar-refractivity contribution in [2.45, 2.75) is 31.9 Å². The topological polar surface area (TPSA) is 52.6 Å². The summed E-state index contributed by atoms with van der Waals surface area (Å²) < 4.78 is 0. The number of hydrogen-bond acceptors (Lipinski definition) is 4.